The number of likely N-dealkylation sites (tertiary alicyclic amines) is 1. The first kappa shape index (κ1) is 22.3. The molecule has 0 radical (unpaired) electrons. The Morgan fingerprint density at radius 1 is 1.06 bits per heavy atom. The van der Waals surface area contributed by atoms with Gasteiger partial charge in [0.2, 0.25) is 18.6 Å². The van der Waals surface area contributed by atoms with Crippen LogP contribution in [0.3, 0.4) is 0 Å². The molecular weight excluding hydrogens is 458 g/mol. The summed E-state index contributed by atoms with van der Waals surface area (Å²) in [6, 6.07) is 12.7. The van der Waals surface area contributed by atoms with E-state index in [1.807, 2.05) is 17.0 Å². The van der Waals surface area contributed by atoms with Gasteiger partial charge in [-0.1, -0.05) is 11.6 Å². The quantitative estimate of drug-likeness (QED) is 0.555. The van der Waals surface area contributed by atoms with Crippen molar-refractivity contribution < 1.29 is 23.5 Å². The zero-order chi connectivity index (χ0) is 23.5. The van der Waals surface area contributed by atoms with Crippen LogP contribution in [0.5, 0.6) is 11.5 Å². The molecule has 0 unspecified atom stereocenters. The minimum atomic E-state index is -0.136. The van der Waals surface area contributed by atoms with E-state index in [1.54, 1.807) is 36.5 Å². The molecule has 0 spiro atoms. The second-order valence-electron chi connectivity index (χ2n) is 8.34. The van der Waals surface area contributed by atoms with Crippen molar-refractivity contribution in [3.63, 3.8) is 0 Å². The number of anilines is 1. The van der Waals surface area contributed by atoms with Crippen LogP contribution in [0.4, 0.5) is 5.69 Å². The fourth-order valence-electron chi connectivity index (χ4n) is 4.16. The monoisotopic (exact) mass is 481 g/mol. The first-order valence-corrected chi connectivity index (χ1v) is 11.6. The topological polar surface area (TPSA) is 93.9 Å². The van der Waals surface area contributed by atoms with Gasteiger partial charge >= 0.3 is 0 Å². The molecule has 2 amide bonds. The van der Waals surface area contributed by atoms with Crippen LogP contribution in [-0.2, 0) is 16.0 Å². The van der Waals surface area contributed by atoms with Gasteiger partial charge in [-0.2, -0.15) is 0 Å². The minimum Gasteiger partial charge on any atom is -0.454 e. The molecule has 0 aliphatic carbocycles. The van der Waals surface area contributed by atoms with Gasteiger partial charge in [-0.05, 0) is 49.2 Å². The van der Waals surface area contributed by atoms with Gasteiger partial charge in [0.05, 0.1) is 6.20 Å². The van der Waals surface area contributed by atoms with E-state index in [-0.39, 0.29) is 24.5 Å². The van der Waals surface area contributed by atoms with Crippen molar-refractivity contribution in [3.8, 4) is 22.8 Å². The highest BCUT2D eigenvalue weighted by Gasteiger charge is 2.28. The third-order valence-corrected chi connectivity index (χ3v) is 6.35. The molecule has 3 aromatic rings. The number of piperidine rings is 1. The lowest BCUT2D eigenvalue weighted by Gasteiger charge is -2.31. The third-order valence-electron chi connectivity index (χ3n) is 6.09. The van der Waals surface area contributed by atoms with Crippen molar-refractivity contribution in [3.05, 3.63) is 59.6 Å². The van der Waals surface area contributed by atoms with E-state index in [2.05, 4.69) is 10.3 Å². The summed E-state index contributed by atoms with van der Waals surface area (Å²) in [6.07, 6.45) is 3.66. The summed E-state index contributed by atoms with van der Waals surface area (Å²) < 4.78 is 16.4. The molecule has 1 aromatic heterocycles. The van der Waals surface area contributed by atoms with Crippen LogP contribution in [-0.4, -0.2) is 41.6 Å². The van der Waals surface area contributed by atoms with Crippen LogP contribution >= 0.6 is 11.6 Å². The highest BCUT2D eigenvalue weighted by molar-refractivity contribution is 6.30. The molecule has 0 bridgehead atoms. The summed E-state index contributed by atoms with van der Waals surface area (Å²) in [6.45, 7) is 1.30. The maximum atomic E-state index is 12.7. The van der Waals surface area contributed by atoms with Crippen LogP contribution in [0.2, 0.25) is 5.02 Å². The van der Waals surface area contributed by atoms with E-state index in [4.69, 9.17) is 25.5 Å². The van der Waals surface area contributed by atoms with Gasteiger partial charge in [0.15, 0.2) is 23.1 Å². The second-order valence-corrected chi connectivity index (χ2v) is 8.77. The summed E-state index contributed by atoms with van der Waals surface area (Å²) in [7, 11) is 0. The maximum Gasteiger partial charge on any atom is 0.231 e. The number of nitrogens with zero attached hydrogens (tertiary/aromatic N) is 2. The molecule has 176 valence electrons. The molecule has 2 aliphatic heterocycles. The number of nitrogens with one attached hydrogen (secondary N) is 1. The number of fused-ring (bicyclic) bond motifs is 1. The van der Waals surface area contributed by atoms with E-state index < -0.39 is 0 Å². The first-order chi connectivity index (χ1) is 16.5. The zero-order valence-electron chi connectivity index (χ0n) is 18.5. The number of hydrogen-bond acceptors (Lipinski definition) is 6. The van der Waals surface area contributed by atoms with Crippen LogP contribution in [0.25, 0.3) is 11.3 Å². The number of benzene rings is 2. The van der Waals surface area contributed by atoms with Crippen LogP contribution in [0.15, 0.2) is 53.1 Å². The Hall–Kier alpha value is -3.52. The number of hydrogen-bond donors (Lipinski definition) is 1. The highest BCUT2D eigenvalue weighted by atomic mass is 35.5. The minimum absolute atomic E-state index is 0.0412. The molecular formula is C25H24ClN3O5. The molecule has 0 saturated carbocycles. The molecule has 1 fully saturated rings. The summed E-state index contributed by atoms with van der Waals surface area (Å²) in [5, 5.41) is 3.60. The normalized spacial score (nSPS) is 15.4. The van der Waals surface area contributed by atoms with Gasteiger partial charge in [0.1, 0.15) is 0 Å². The molecule has 8 nitrogen and oxygen atoms in total. The average molecular weight is 482 g/mol. The number of ether oxygens (including phenoxy) is 2. The Morgan fingerprint density at radius 2 is 1.82 bits per heavy atom. The third kappa shape index (κ3) is 5.02. The predicted octanol–water partition coefficient (Wildman–Crippen LogP) is 4.53. The van der Waals surface area contributed by atoms with Crippen LogP contribution in [0, 0.1) is 5.92 Å². The van der Waals surface area contributed by atoms with Crippen molar-refractivity contribution in [1.29, 1.82) is 0 Å². The highest BCUT2D eigenvalue weighted by Crippen LogP contribution is 2.34. The van der Waals surface area contributed by atoms with Gasteiger partial charge < -0.3 is 24.1 Å². The number of amides is 2. The smallest absolute Gasteiger partial charge is 0.231 e. The van der Waals surface area contributed by atoms with E-state index in [1.165, 1.54) is 0 Å². The lowest BCUT2D eigenvalue weighted by molar-refractivity contribution is -0.134. The molecule has 0 atom stereocenters. The number of oxazole rings is 1. The summed E-state index contributed by atoms with van der Waals surface area (Å²) in [4.78, 5) is 31.5. The number of aromatic nitrogens is 1. The summed E-state index contributed by atoms with van der Waals surface area (Å²) >= 11 is 5.92. The van der Waals surface area contributed by atoms with Gasteiger partial charge in [-0.15, -0.1) is 0 Å². The summed E-state index contributed by atoms with van der Waals surface area (Å²) in [5.74, 6) is 2.34. The van der Waals surface area contributed by atoms with E-state index >= 15 is 0 Å². The Bertz CT molecular complexity index is 1190. The van der Waals surface area contributed by atoms with Gasteiger partial charge in [-0.25, -0.2) is 4.98 Å². The SMILES string of the molecule is O=C(Nc1ccc2c(c1)OCO2)C1CCN(C(=O)CCc2ncc(-c3ccc(Cl)cc3)o2)CC1. The van der Waals surface area contributed by atoms with Crippen LogP contribution < -0.4 is 14.8 Å². The first-order valence-electron chi connectivity index (χ1n) is 11.2. The maximum absolute atomic E-state index is 12.7. The van der Waals surface area contributed by atoms with Crippen molar-refractivity contribution in [1.82, 2.24) is 9.88 Å². The molecule has 34 heavy (non-hydrogen) atoms. The van der Waals surface area contributed by atoms with E-state index in [9.17, 15) is 9.59 Å². The van der Waals surface area contributed by atoms with Crippen molar-refractivity contribution in [2.45, 2.75) is 25.7 Å². The zero-order valence-corrected chi connectivity index (χ0v) is 19.2. The Kier molecular flexibility index (Phi) is 6.40. The number of rotatable bonds is 6. The van der Waals surface area contributed by atoms with Gasteiger partial charge in [-0.3, -0.25) is 9.59 Å². The summed E-state index contributed by atoms with van der Waals surface area (Å²) in [5.41, 5.74) is 1.56. The molecule has 1 N–H and O–H groups in total. The molecule has 2 aromatic carbocycles. The van der Waals surface area contributed by atoms with Crippen molar-refractivity contribution in [2.24, 2.45) is 5.92 Å². The van der Waals surface area contributed by atoms with Crippen LogP contribution in [0.1, 0.15) is 25.2 Å². The van der Waals surface area contributed by atoms with Crippen molar-refractivity contribution >= 4 is 29.1 Å². The Labute approximate surface area is 201 Å². The largest absolute Gasteiger partial charge is 0.454 e. The number of halogens is 1. The lowest BCUT2D eigenvalue weighted by Crippen LogP contribution is -2.41. The van der Waals surface area contributed by atoms with Gasteiger partial charge in [0.25, 0.3) is 0 Å². The number of carbonyl (C=O) groups is 2. The second kappa shape index (κ2) is 9.77. The Balaban J connectivity index is 1.08. The molecule has 3 heterocycles. The standard InChI is InChI=1S/C25H24ClN3O5/c26-18-3-1-16(2-4-18)22-14-27-23(34-22)7-8-24(30)29-11-9-17(10-12-29)25(31)28-19-5-6-20-21(13-19)33-15-32-20/h1-6,13-14,17H,7-12,15H2,(H,28,31). The fourth-order valence-corrected chi connectivity index (χ4v) is 4.28. The molecule has 1 saturated heterocycles. The fraction of sp³-hybridized carbons (Fsp3) is 0.320. The number of aryl methyl sites for hydroxylation is 1. The predicted molar refractivity (Wildman–Crippen MR) is 126 cm³/mol. The average Bonchev–Trinajstić information content (AvgIpc) is 3.52. The van der Waals surface area contributed by atoms with Gasteiger partial charge in [0, 0.05) is 54.2 Å². The van der Waals surface area contributed by atoms with E-state index in [0.717, 1.165) is 5.56 Å². The number of carbonyl (C=O) groups excluding carboxylic acids is 2. The van der Waals surface area contributed by atoms with Crippen molar-refractivity contribution in [2.75, 3.05) is 25.2 Å². The molecule has 5 rings (SSSR count). The van der Waals surface area contributed by atoms with E-state index in [0.29, 0.717) is 72.6 Å². The molecule has 9 heteroatoms. The Morgan fingerprint density at radius 3 is 2.62 bits per heavy atom. The lowest BCUT2D eigenvalue weighted by atomic mass is 9.95. The molecule has 2 aliphatic rings.